The highest BCUT2D eigenvalue weighted by Crippen LogP contribution is 2.27. The van der Waals surface area contributed by atoms with Crippen LogP contribution >= 0.6 is 11.6 Å². The van der Waals surface area contributed by atoms with Crippen molar-refractivity contribution in [3.8, 4) is 5.75 Å². The zero-order chi connectivity index (χ0) is 15.5. The Hall–Kier alpha value is -2.08. The molecule has 22 heavy (non-hydrogen) atoms. The maximum atomic E-state index is 12.7. The molecule has 1 aliphatic heterocycles. The maximum absolute atomic E-state index is 12.7. The number of hydrogen-bond donors (Lipinski definition) is 0. The van der Waals surface area contributed by atoms with E-state index < -0.39 is 0 Å². The van der Waals surface area contributed by atoms with Gasteiger partial charge in [-0.25, -0.2) is 0 Å². The zero-order valence-corrected chi connectivity index (χ0v) is 13.0. The van der Waals surface area contributed by atoms with Crippen LogP contribution in [0, 0.1) is 0 Å². The van der Waals surface area contributed by atoms with Crippen molar-refractivity contribution >= 4 is 17.5 Å². The van der Waals surface area contributed by atoms with E-state index in [4.69, 9.17) is 16.3 Å². The number of amides is 1. The molecular weight excluding hydrogens is 304 g/mol. The molecule has 0 radical (unpaired) electrons. The highest BCUT2D eigenvalue weighted by Gasteiger charge is 2.27. The third kappa shape index (κ3) is 2.92. The number of nitrogens with zero attached hydrogens (tertiary/aromatic N) is 4. The SMILES string of the molecule is COc1ccc(Cl)cc1C(=O)N1CCC(n2nccn2)CC1. The number of carbonyl (C=O) groups excluding carboxylic acids is 1. The minimum atomic E-state index is -0.0498. The van der Waals surface area contributed by atoms with Gasteiger partial charge in [0.1, 0.15) is 5.75 Å². The molecule has 3 rings (SSSR count). The Kier molecular flexibility index (Phi) is 4.29. The molecule has 2 heterocycles. The summed E-state index contributed by atoms with van der Waals surface area (Å²) in [5.74, 6) is 0.497. The molecule has 1 saturated heterocycles. The quantitative estimate of drug-likeness (QED) is 0.871. The summed E-state index contributed by atoms with van der Waals surface area (Å²) < 4.78 is 5.26. The highest BCUT2D eigenvalue weighted by atomic mass is 35.5. The number of benzene rings is 1. The number of likely N-dealkylation sites (tertiary alicyclic amines) is 1. The minimum absolute atomic E-state index is 0.0498. The predicted molar refractivity (Wildman–Crippen MR) is 82.2 cm³/mol. The van der Waals surface area contributed by atoms with E-state index in [-0.39, 0.29) is 11.9 Å². The highest BCUT2D eigenvalue weighted by molar-refractivity contribution is 6.31. The van der Waals surface area contributed by atoms with Gasteiger partial charge >= 0.3 is 0 Å². The van der Waals surface area contributed by atoms with Gasteiger partial charge in [0.25, 0.3) is 5.91 Å². The number of piperidine rings is 1. The molecule has 7 heteroatoms. The predicted octanol–water partition coefficient (Wildman–Crippen LogP) is 2.42. The topological polar surface area (TPSA) is 60.2 Å². The van der Waals surface area contributed by atoms with Gasteiger partial charge in [0.15, 0.2) is 0 Å². The van der Waals surface area contributed by atoms with Crippen LogP contribution in [0.4, 0.5) is 0 Å². The van der Waals surface area contributed by atoms with Crippen molar-refractivity contribution in [3.05, 3.63) is 41.2 Å². The minimum Gasteiger partial charge on any atom is -0.496 e. The Morgan fingerprint density at radius 2 is 1.95 bits per heavy atom. The van der Waals surface area contributed by atoms with Crippen LogP contribution in [0.25, 0.3) is 0 Å². The monoisotopic (exact) mass is 320 g/mol. The van der Waals surface area contributed by atoms with Crippen molar-refractivity contribution in [2.45, 2.75) is 18.9 Å². The van der Waals surface area contributed by atoms with Crippen LogP contribution in [-0.4, -0.2) is 46.0 Å². The van der Waals surface area contributed by atoms with E-state index in [1.54, 1.807) is 42.5 Å². The first-order valence-corrected chi connectivity index (χ1v) is 7.55. The number of rotatable bonds is 3. The Balaban J connectivity index is 1.71. The number of aromatic nitrogens is 3. The summed E-state index contributed by atoms with van der Waals surface area (Å²) in [5, 5.41) is 8.87. The second-order valence-electron chi connectivity index (χ2n) is 5.22. The molecule has 1 aromatic carbocycles. The molecule has 1 aromatic heterocycles. The van der Waals surface area contributed by atoms with Crippen molar-refractivity contribution in [2.24, 2.45) is 0 Å². The largest absolute Gasteiger partial charge is 0.496 e. The van der Waals surface area contributed by atoms with Crippen LogP contribution < -0.4 is 4.74 Å². The fourth-order valence-electron chi connectivity index (χ4n) is 2.73. The van der Waals surface area contributed by atoms with Gasteiger partial charge in [-0.2, -0.15) is 15.0 Å². The lowest BCUT2D eigenvalue weighted by Gasteiger charge is -2.31. The lowest BCUT2D eigenvalue weighted by molar-refractivity contribution is 0.0680. The molecule has 0 spiro atoms. The van der Waals surface area contributed by atoms with Crippen LogP contribution in [0.2, 0.25) is 5.02 Å². The van der Waals surface area contributed by atoms with Gasteiger partial charge in [0.05, 0.1) is 31.1 Å². The second kappa shape index (κ2) is 6.36. The lowest BCUT2D eigenvalue weighted by Crippen LogP contribution is -2.39. The molecule has 2 aromatic rings. The molecule has 1 aliphatic rings. The summed E-state index contributed by atoms with van der Waals surface area (Å²) in [6.45, 7) is 1.33. The normalized spacial score (nSPS) is 15.8. The van der Waals surface area contributed by atoms with E-state index in [2.05, 4.69) is 10.2 Å². The smallest absolute Gasteiger partial charge is 0.257 e. The molecule has 116 valence electrons. The Morgan fingerprint density at radius 1 is 1.27 bits per heavy atom. The van der Waals surface area contributed by atoms with E-state index >= 15 is 0 Å². The average Bonchev–Trinajstić information content (AvgIpc) is 3.09. The average molecular weight is 321 g/mol. The lowest BCUT2D eigenvalue weighted by atomic mass is 10.0. The Bertz CT molecular complexity index is 652. The second-order valence-corrected chi connectivity index (χ2v) is 5.65. The summed E-state index contributed by atoms with van der Waals surface area (Å²) in [4.78, 5) is 16.2. The number of halogens is 1. The summed E-state index contributed by atoms with van der Waals surface area (Å²) in [6, 6.07) is 5.34. The molecule has 0 N–H and O–H groups in total. The molecule has 1 fully saturated rings. The van der Waals surface area contributed by atoms with Crippen LogP contribution in [0.15, 0.2) is 30.6 Å². The fraction of sp³-hybridized carbons (Fsp3) is 0.400. The van der Waals surface area contributed by atoms with E-state index in [9.17, 15) is 4.79 Å². The van der Waals surface area contributed by atoms with Gasteiger partial charge in [0.2, 0.25) is 0 Å². The van der Waals surface area contributed by atoms with E-state index in [0.29, 0.717) is 29.4 Å². The molecule has 0 saturated carbocycles. The summed E-state index contributed by atoms with van der Waals surface area (Å²) >= 11 is 6.00. The maximum Gasteiger partial charge on any atom is 0.257 e. The molecular formula is C15H17ClN4O2. The third-order valence-corrected chi connectivity index (χ3v) is 4.14. The van der Waals surface area contributed by atoms with E-state index in [1.807, 2.05) is 4.90 Å². The first-order valence-electron chi connectivity index (χ1n) is 7.17. The van der Waals surface area contributed by atoms with Gasteiger partial charge in [-0.15, -0.1) is 0 Å². The van der Waals surface area contributed by atoms with Gasteiger partial charge in [-0.3, -0.25) is 4.79 Å². The Morgan fingerprint density at radius 3 is 2.59 bits per heavy atom. The molecule has 0 unspecified atom stereocenters. The summed E-state index contributed by atoms with van der Waals surface area (Å²) in [6.07, 6.45) is 5.02. The van der Waals surface area contributed by atoms with Crippen LogP contribution in [0.5, 0.6) is 5.75 Å². The first-order chi connectivity index (χ1) is 10.7. The van der Waals surface area contributed by atoms with Gasteiger partial charge in [-0.05, 0) is 31.0 Å². The van der Waals surface area contributed by atoms with Gasteiger partial charge in [-0.1, -0.05) is 11.6 Å². The number of hydrogen-bond acceptors (Lipinski definition) is 4. The molecule has 1 amide bonds. The summed E-state index contributed by atoms with van der Waals surface area (Å²) in [5.41, 5.74) is 0.505. The van der Waals surface area contributed by atoms with Crippen molar-refractivity contribution in [1.29, 1.82) is 0 Å². The van der Waals surface area contributed by atoms with Crippen molar-refractivity contribution < 1.29 is 9.53 Å². The molecule has 0 aliphatic carbocycles. The van der Waals surface area contributed by atoms with Crippen molar-refractivity contribution in [1.82, 2.24) is 19.9 Å². The Labute approximate surface area is 133 Å². The van der Waals surface area contributed by atoms with Gasteiger partial charge < -0.3 is 9.64 Å². The van der Waals surface area contributed by atoms with E-state index in [0.717, 1.165) is 12.8 Å². The standard InChI is InChI=1S/C15H17ClN4O2/c1-22-14-3-2-11(16)10-13(14)15(21)19-8-4-12(5-9-19)20-17-6-7-18-20/h2-3,6-7,10,12H,4-5,8-9H2,1H3. The zero-order valence-electron chi connectivity index (χ0n) is 12.3. The molecule has 0 bridgehead atoms. The van der Waals surface area contributed by atoms with Gasteiger partial charge in [0, 0.05) is 18.1 Å². The van der Waals surface area contributed by atoms with Crippen molar-refractivity contribution in [2.75, 3.05) is 20.2 Å². The van der Waals surface area contributed by atoms with Crippen molar-refractivity contribution in [3.63, 3.8) is 0 Å². The van der Waals surface area contributed by atoms with Crippen LogP contribution in [0.3, 0.4) is 0 Å². The molecule has 6 nitrogen and oxygen atoms in total. The number of carbonyl (C=O) groups is 1. The fourth-order valence-corrected chi connectivity index (χ4v) is 2.90. The number of methoxy groups -OCH3 is 1. The number of ether oxygens (including phenoxy) is 1. The van der Waals surface area contributed by atoms with Crippen LogP contribution in [-0.2, 0) is 0 Å². The van der Waals surface area contributed by atoms with E-state index in [1.165, 1.54) is 0 Å². The van der Waals surface area contributed by atoms with Crippen LogP contribution in [0.1, 0.15) is 29.2 Å². The summed E-state index contributed by atoms with van der Waals surface area (Å²) in [7, 11) is 1.55. The molecule has 0 atom stereocenters. The third-order valence-electron chi connectivity index (χ3n) is 3.91. The first kappa shape index (κ1) is 14.8.